The predicted octanol–water partition coefficient (Wildman–Crippen LogP) is 1.65. The second-order valence-corrected chi connectivity index (χ2v) is 6.24. The number of hydrogen-bond acceptors (Lipinski definition) is 8. The van der Waals surface area contributed by atoms with E-state index in [2.05, 4.69) is 9.73 Å². The molecule has 0 aromatic rings. The van der Waals surface area contributed by atoms with Crippen LogP contribution in [-0.2, 0) is 23.9 Å². The zero-order chi connectivity index (χ0) is 20.6. The molecule has 0 rings (SSSR count). The fourth-order valence-electron chi connectivity index (χ4n) is 1.83. The minimum atomic E-state index is -1.31. The van der Waals surface area contributed by atoms with Crippen molar-refractivity contribution in [1.29, 1.82) is 5.41 Å². The van der Waals surface area contributed by atoms with Gasteiger partial charge in [-0.15, -0.1) is 0 Å². The molecule has 0 radical (unpaired) electrons. The molecule has 2 atom stereocenters. The van der Waals surface area contributed by atoms with Gasteiger partial charge in [0.25, 0.3) is 0 Å². The molecule has 9 nitrogen and oxygen atoms in total. The van der Waals surface area contributed by atoms with Crippen molar-refractivity contribution in [2.45, 2.75) is 59.0 Å². The Morgan fingerprint density at radius 2 is 1.68 bits per heavy atom. The van der Waals surface area contributed by atoms with E-state index in [1.165, 1.54) is 20.1 Å². The monoisotopic (exact) mass is 359 g/mol. The van der Waals surface area contributed by atoms with Crippen molar-refractivity contribution in [1.82, 2.24) is 0 Å². The quantitative estimate of drug-likeness (QED) is 0.354. The largest absolute Gasteiger partial charge is 0.479 e. The Labute approximate surface area is 148 Å². The van der Waals surface area contributed by atoms with Gasteiger partial charge in [-0.2, -0.15) is 4.99 Å². The maximum absolute atomic E-state index is 10.7. The standard InChI is InChI=1S/C8H13NO3.C7H15NO2.CHNO/c1-6(2)4-8(3,7(11)12)9-5-10;1-5(2)4-6(8)7(9)10-3;2-1-3/h6H,4H2,1-3H3,(H,11,12);5-6H,4,8H2,1-3H3;2H/t;6-;/m.0./s1. The van der Waals surface area contributed by atoms with Gasteiger partial charge in [-0.05, 0) is 31.6 Å². The van der Waals surface area contributed by atoms with Crippen LogP contribution in [0.15, 0.2) is 4.99 Å². The fourth-order valence-corrected chi connectivity index (χ4v) is 1.83. The van der Waals surface area contributed by atoms with Gasteiger partial charge in [0.1, 0.15) is 6.04 Å². The summed E-state index contributed by atoms with van der Waals surface area (Å²) >= 11 is 0. The molecule has 144 valence electrons. The van der Waals surface area contributed by atoms with Gasteiger partial charge in [-0.1, -0.05) is 27.7 Å². The first-order valence-corrected chi connectivity index (χ1v) is 7.61. The third-order valence-corrected chi connectivity index (χ3v) is 2.79. The van der Waals surface area contributed by atoms with Crippen molar-refractivity contribution in [2.75, 3.05) is 7.11 Å². The van der Waals surface area contributed by atoms with E-state index >= 15 is 0 Å². The molecule has 9 heteroatoms. The van der Waals surface area contributed by atoms with Gasteiger partial charge in [0.2, 0.25) is 12.2 Å². The molecule has 0 aliphatic heterocycles. The molecule has 0 aliphatic carbocycles. The SMILES string of the molecule is CC(C)CC(C)(N=C=O)C(=O)O.COC(=O)[C@@H](N)CC(C)C.N=C=O. The average Bonchev–Trinajstić information content (AvgIpc) is 2.46. The first-order chi connectivity index (χ1) is 11.4. The molecule has 0 heterocycles. The number of methoxy groups -OCH3 is 1. The van der Waals surface area contributed by atoms with Gasteiger partial charge < -0.3 is 15.6 Å². The zero-order valence-electron chi connectivity index (χ0n) is 15.7. The Morgan fingerprint density at radius 3 is 1.92 bits per heavy atom. The van der Waals surface area contributed by atoms with Gasteiger partial charge in [0.05, 0.1) is 7.11 Å². The van der Waals surface area contributed by atoms with Crippen molar-refractivity contribution >= 4 is 24.1 Å². The Balaban J connectivity index is -0.000000338. The summed E-state index contributed by atoms with van der Waals surface area (Å²) < 4.78 is 4.45. The minimum Gasteiger partial charge on any atom is -0.479 e. The van der Waals surface area contributed by atoms with Crippen LogP contribution >= 0.6 is 0 Å². The molecular formula is C16H29N3O6. The number of aliphatic carboxylic acids is 1. The van der Waals surface area contributed by atoms with Gasteiger partial charge in [-0.25, -0.2) is 19.8 Å². The van der Waals surface area contributed by atoms with Crippen molar-refractivity contribution in [3.8, 4) is 0 Å². The van der Waals surface area contributed by atoms with Crippen LogP contribution in [0.3, 0.4) is 0 Å². The number of isocyanates is 2. The van der Waals surface area contributed by atoms with E-state index in [4.69, 9.17) is 21.0 Å². The van der Waals surface area contributed by atoms with Crippen LogP contribution in [0.5, 0.6) is 0 Å². The highest BCUT2D eigenvalue weighted by Gasteiger charge is 2.33. The van der Waals surface area contributed by atoms with Crippen LogP contribution in [0.4, 0.5) is 0 Å². The summed E-state index contributed by atoms with van der Waals surface area (Å²) in [6.45, 7) is 9.20. The van der Waals surface area contributed by atoms with Crippen molar-refractivity contribution < 1.29 is 29.0 Å². The number of carbonyl (C=O) groups excluding carboxylic acids is 3. The Kier molecular flexibility index (Phi) is 16.7. The summed E-state index contributed by atoms with van der Waals surface area (Å²) in [4.78, 5) is 43.0. The van der Waals surface area contributed by atoms with Crippen LogP contribution in [-0.4, -0.2) is 47.9 Å². The summed E-state index contributed by atoms with van der Waals surface area (Å²) in [6, 6.07) is -0.454. The molecule has 0 saturated heterocycles. The first-order valence-electron chi connectivity index (χ1n) is 7.61. The van der Waals surface area contributed by atoms with Crippen LogP contribution in [0.25, 0.3) is 0 Å². The van der Waals surface area contributed by atoms with E-state index in [1.54, 1.807) is 0 Å². The Hall–Kier alpha value is -2.34. The summed E-state index contributed by atoms with van der Waals surface area (Å²) in [7, 11) is 1.35. The fraction of sp³-hybridized carbons (Fsp3) is 0.750. The highest BCUT2D eigenvalue weighted by Crippen LogP contribution is 2.20. The van der Waals surface area contributed by atoms with E-state index < -0.39 is 17.6 Å². The number of ether oxygens (including phenoxy) is 1. The molecule has 0 aromatic carbocycles. The third kappa shape index (κ3) is 16.3. The average molecular weight is 359 g/mol. The second kappa shape index (κ2) is 15.2. The third-order valence-electron chi connectivity index (χ3n) is 2.79. The van der Waals surface area contributed by atoms with E-state index in [0.717, 1.165) is 6.08 Å². The normalized spacial score (nSPS) is 12.8. The number of nitrogens with one attached hydrogen (secondary N) is 1. The highest BCUT2D eigenvalue weighted by atomic mass is 16.5. The lowest BCUT2D eigenvalue weighted by atomic mass is 9.92. The van der Waals surface area contributed by atoms with Gasteiger partial charge in [0, 0.05) is 0 Å². The van der Waals surface area contributed by atoms with E-state index in [1.807, 2.05) is 27.7 Å². The summed E-state index contributed by atoms with van der Waals surface area (Å²) in [5, 5.41) is 14.1. The van der Waals surface area contributed by atoms with Crippen molar-refractivity contribution in [3.63, 3.8) is 0 Å². The van der Waals surface area contributed by atoms with Crippen LogP contribution in [0.2, 0.25) is 0 Å². The first kappa shape index (κ1) is 27.5. The molecule has 0 amide bonds. The lowest BCUT2D eigenvalue weighted by Gasteiger charge is -2.19. The molecule has 4 N–H and O–H groups in total. The van der Waals surface area contributed by atoms with E-state index in [0.29, 0.717) is 18.8 Å². The number of rotatable bonds is 7. The number of carbonyl (C=O) groups is 2. The Morgan fingerprint density at radius 1 is 1.24 bits per heavy atom. The topological polar surface area (TPSA) is 160 Å². The number of carboxylic acids is 1. The number of aliphatic imine (C=N–C) groups is 1. The maximum Gasteiger partial charge on any atom is 0.332 e. The molecule has 0 aromatic heterocycles. The van der Waals surface area contributed by atoms with Crippen molar-refractivity contribution in [2.24, 2.45) is 22.6 Å². The maximum atomic E-state index is 10.7. The minimum absolute atomic E-state index is 0.184. The molecule has 0 saturated carbocycles. The lowest BCUT2D eigenvalue weighted by Crippen LogP contribution is -2.34. The van der Waals surface area contributed by atoms with Crippen LogP contribution in [0.1, 0.15) is 47.5 Å². The van der Waals surface area contributed by atoms with Crippen LogP contribution in [0, 0.1) is 17.2 Å². The number of nitrogens with two attached hydrogens (primary N) is 1. The number of nitrogens with zero attached hydrogens (tertiary/aromatic N) is 1. The predicted molar refractivity (Wildman–Crippen MR) is 91.5 cm³/mol. The number of esters is 1. The number of hydrogen-bond donors (Lipinski definition) is 3. The van der Waals surface area contributed by atoms with Crippen molar-refractivity contribution in [3.05, 3.63) is 0 Å². The van der Waals surface area contributed by atoms with E-state index in [9.17, 15) is 14.4 Å². The second-order valence-electron chi connectivity index (χ2n) is 6.24. The van der Waals surface area contributed by atoms with E-state index in [-0.39, 0.29) is 11.9 Å². The molecule has 0 fully saturated rings. The molecule has 0 bridgehead atoms. The Bertz CT molecular complexity index is 476. The zero-order valence-corrected chi connectivity index (χ0v) is 15.7. The molecule has 25 heavy (non-hydrogen) atoms. The molecule has 0 aliphatic rings. The summed E-state index contributed by atoms with van der Waals surface area (Å²) in [5.74, 6) is -0.787. The van der Waals surface area contributed by atoms with Gasteiger partial charge in [-0.3, -0.25) is 4.79 Å². The number of carboxylic acid groups (broad SMARTS) is 1. The lowest BCUT2D eigenvalue weighted by molar-refractivity contribution is -0.143. The van der Waals surface area contributed by atoms with Crippen LogP contribution < -0.4 is 5.73 Å². The molecular weight excluding hydrogens is 330 g/mol. The highest BCUT2D eigenvalue weighted by molar-refractivity contribution is 5.79. The smallest absolute Gasteiger partial charge is 0.332 e. The molecule has 0 spiro atoms. The summed E-state index contributed by atoms with van der Waals surface area (Å²) in [6.07, 6.45) is 3.07. The van der Waals surface area contributed by atoms with Gasteiger partial charge >= 0.3 is 11.9 Å². The summed E-state index contributed by atoms with van der Waals surface area (Å²) in [5.41, 5.74) is 4.14. The molecule has 1 unspecified atom stereocenters. The van der Waals surface area contributed by atoms with Gasteiger partial charge in [0.15, 0.2) is 5.54 Å².